The van der Waals surface area contributed by atoms with E-state index in [0.717, 1.165) is 4.47 Å². The summed E-state index contributed by atoms with van der Waals surface area (Å²) in [4.78, 5) is 11.0. The Hall–Kier alpha value is -0.250. The van der Waals surface area contributed by atoms with Gasteiger partial charge in [0.15, 0.2) is 5.75 Å². The lowest BCUT2D eigenvalue weighted by atomic mass is 10.3. The van der Waals surface area contributed by atoms with Crippen molar-refractivity contribution in [1.29, 1.82) is 0 Å². The summed E-state index contributed by atoms with van der Waals surface area (Å²) in [6.07, 6.45) is 0.0305. The molecule has 5 heteroatoms. The minimum absolute atomic E-state index is 0.0305. The van der Waals surface area contributed by atoms with E-state index in [4.69, 9.17) is 27.9 Å². The fourth-order valence-corrected chi connectivity index (χ4v) is 2.08. The van der Waals surface area contributed by atoms with Crippen molar-refractivity contribution in [3.8, 4) is 5.75 Å². The predicted molar refractivity (Wildman–Crippen MR) is 59.8 cm³/mol. The maximum Gasteiger partial charge on any atom is 0.311 e. The molecule has 2 nitrogen and oxygen atoms in total. The van der Waals surface area contributed by atoms with Crippen LogP contribution in [0.2, 0.25) is 10.0 Å². The molecule has 0 unspecified atom stereocenters. The standard InChI is InChI=1S/C9H6BrCl2O2/c1-2-8(13)14-9-6(11)3-5(10)4-7(9)12/h3-4H,1-2H2. The Morgan fingerprint density at radius 2 is 1.93 bits per heavy atom. The van der Waals surface area contributed by atoms with E-state index in [1.165, 1.54) is 0 Å². The van der Waals surface area contributed by atoms with Gasteiger partial charge >= 0.3 is 5.97 Å². The molecule has 1 rings (SSSR count). The van der Waals surface area contributed by atoms with Gasteiger partial charge in [0.05, 0.1) is 10.0 Å². The van der Waals surface area contributed by atoms with Gasteiger partial charge in [0.2, 0.25) is 0 Å². The summed E-state index contributed by atoms with van der Waals surface area (Å²) in [5.74, 6) is -0.304. The molecule has 75 valence electrons. The van der Waals surface area contributed by atoms with Crippen molar-refractivity contribution < 1.29 is 9.53 Å². The number of esters is 1. The smallest absolute Gasteiger partial charge is 0.311 e. The van der Waals surface area contributed by atoms with Crippen LogP contribution in [0.15, 0.2) is 16.6 Å². The molecule has 0 fully saturated rings. The van der Waals surface area contributed by atoms with E-state index in [0.29, 0.717) is 0 Å². The zero-order chi connectivity index (χ0) is 10.7. The lowest BCUT2D eigenvalue weighted by Crippen LogP contribution is -2.06. The van der Waals surface area contributed by atoms with Crippen LogP contribution in [0, 0.1) is 6.92 Å². The van der Waals surface area contributed by atoms with Crippen LogP contribution < -0.4 is 4.74 Å². The van der Waals surface area contributed by atoms with E-state index >= 15 is 0 Å². The molecule has 0 heterocycles. The third kappa shape index (κ3) is 2.87. The Labute approximate surface area is 100 Å². The van der Waals surface area contributed by atoms with Crippen molar-refractivity contribution in [1.82, 2.24) is 0 Å². The van der Waals surface area contributed by atoms with E-state index in [1.807, 2.05) is 0 Å². The SMILES string of the molecule is [CH2]CC(=O)Oc1c(Cl)cc(Br)cc1Cl. The van der Waals surface area contributed by atoms with Gasteiger partial charge in [0.25, 0.3) is 0 Å². The fourth-order valence-electron chi connectivity index (χ4n) is 0.791. The number of hydrogen-bond donors (Lipinski definition) is 0. The van der Waals surface area contributed by atoms with Gasteiger partial charge in [-0.15, -0.1) is 0 Å². The molecule has 0 saturated heterocycles. The maximum atomic E-state index is 11.0. The molecule has 14 heavy (non-hydrogen) atoms. The molecule has 0 amide bonds. The van der Waals surface area contributed by atoms with Crippen LogP contribution in [0.4, 0.5) is 0 Å². The number of carbonyl (C=O) groups is 1. The lowest BCUT2D eigenvalue weighted by molar-refractivity contribution is -0.133. The average molecular weight is 297 g/mol. The summed E-state index contributed by atoms with van der Waals surface area (Å²) < 4.78 is 5.62. The van der Waals surface area contributed by atoms with E-state index in [1.54, 1.807) is 12.1 Å². The first-order chi connectivity index (χ1) is 6.54. The topological polar surface area (TPSA) is 26.3 Å². The van der Waals surface area contributed by atoms with Crippen LogP contribution >= 0.6 is 39.1 Å². The van der Waals surface area contributed by atoms with Gasteiger partial charge in [-0.05, 0) is 19.1 Å². The summed E-state index contributed by atoms with van der Waals surface area (Å²) in [7, 11) is 0. The number of hydrogen-bond acceptors (Lipinski definition) is 2. The number of benzene rings is 1. The zero-order valence-electron chi connectivity index (χ0n) is 7.02. The lowest BCUT2D eigenvalue weighted by Gasteiger charge is -2.07. The highest BCUT2D eigenvalue weighted by Gasteiger charge is 2.11. The average Bonchev–Trinajstić information content (AvgIpc) is 2.10. The van der Waals surface area contributed by atoms with Gasteiger partial charge in [-0.2, -0.15) is 0 Å². The van der Waals surface area contributed by atoms with Gasteiger partial charge in [-0.1, -0.05) is 39.1 Å². The number of carbonyl (C=O) groups excluding carboxylic acids is 1. The minimum atomic E-state index is -0.476. The molecule has 1 aromatic rings. The maximum absolute atomic E-state index is 11.0. The van der Waals surface area contributed by atoms with Crippen LogP contribution in [-0.4, -0.2) is 5.97 Å². The second kappa shape index (κ2) is 5.01. The van der Waals surface area contributed by atoms with Gasteiger partial charge in [0.1, 0.15) is 0 Å². The summed E-state index contributed by atoms with van der Waals surface area (Å²) >= 11 is 14.9. The van der Waals surface area contributed by atoms with Crippen molar-refractivity contribution in [3.63, 3.8) is 0 Å². The monoisotopic (exact) mass is 295 g/mol. The van der Waals surface area contributed by atoms with Gasteiger partial charge in [0, 0.05) is 10.9 Å². The highest BCUT2D eigenvalue weighted by Crippen LogP contribution is 2.36. The van der Waals surface area contributed by atoms with Gasteiger partial charge in [-0.25, -0.2) is 0 Å². The zero-order valence-corrected chi connectivity index (χ0v) is 10.1. The molecule has 0 N–H and O–H groups in total. The van der Waals surface area contributed by atoms with E-state index in [-0.39, 0.29) is 22.2 Å². The fraction of sp³-hybridized carbons (Fsp3) is 0.111. The third-order valence-corrected chi connectivity index (χ3v) is 2.40. The summed E-state index contributed by atoms with van der Waals surface area (Å²) in [5.41, 5.74) is 0. The Morgan fingerprint density at radius 1 is 1.43 bits per heavy atom. The van der Waals surface area contributed by atoms with Crippen molar-refractivity contribution >= 4 is 45.1 Å². The highest BCUT2D eigenvalue weighted by atomic mass is 79.9. The first-order valence-electron chi connectivity index (χ1n) is 3.69. The van der Waals surface area contributed by atoms with Crippen LogP contribution in [0.25, 0.3) is 0 Å². The van der Waals surface area contributed by atoms with Gasteiger partial charge < -0.3 is 4.74 Å². The molecule has 0 spiro atoms. The molecule has 0 aliphatic heterocycles. The Balaban J connectivity index is 3.02. The minimum Gasteiger partial charge on any atom is -0.423 e. The highest BCUT2D eigenvalue weighted by molar-refractivity contribution is 9.10. The van der Waals surface area contributed by atoms with Crippen molar-refractivity contribution in [3.05, 3.63) is 33.6 Å². The summed E-state index contributed by atoms with van der Waals surface area (Å²) in [6.45, 7) is 3.39. The van der Waals surface area contributed by atoms with Gasteiger partial charge in [-0.3, -0.25) is 4.79 Å². The molecule has 0 saturated carbocycles. The Kier molecular flexibility index (Phi) is 4.23. The second-order valence-electron chi connectivity index (χ2n) is 2.42. The van der Waals surface area contributed by atoms with Crippen molar-refractivity contribution in [2.75, 3.05) is 0 Å². The van der Waals surface area contributed by atoms with E-state index in [9.17, 15) is 4.79 Å². The van der Waals surface area contributed by atoms with E-state index < -0.39 is 5.97 Å². The summed E-state index contributed by atoms with van der Waals surface area (Å²) in [6, 6.07) is 3.19. The molecule has 0 aromatic heterocycles. The molecule has 1 aromatic carbocycles. The van der Waals surface area contributed by atoms with Crippen LogP contribution in [-0.2, 0) is 4.79 Å². The molecule has 0 aliphatic carbocycles. The van der Waals surface area contributed by atoms with Crippen molar-refractivity contribution in [2.24, 2.45) is 0 Å². The predicted octanol–water partition coefficient (Wildman–Crippen LogP) is 3.89. The first-order valence-corrected chi connectivity index (χ1v) is 5.24. The van der Waals surface area contributed by atoms with Crippen molar-refractivity contribution in [2.45, 2.75) is 6.42 Å². The normalized spacial score (nSPS) is 10.0. The molecule has 0 aliphatic rings. The Morgan fingerprint density at radius 3 is 2.36 bits per heavy atom. The summed E-state index contributed by atoms with van der Waals surface area (Å²) in [5, 5.41) is 0.567. The third-order valence-electron chi connectivity index (χ3n) is 1.38. The Bertz CT molecular complexity index is 343. The number of rotatable bonds is 2. The van der Waals surface area contributed by atoms with Crippen LogP contribution in [0.5, 0.6) is 5.75 Å². The first kappa shape index (κ1) is 11.8. The van der Waals surface area contributed by atoms with Crippen LogP contribution in [0.3, 0.4) is 0 Å². The molecular weight excluding hydrogens is 291 g/mol. The second-order valence-corrected chi connectivity index (χ2v) is 4.15. The number of ether oxygens (including phenoxy) is 1. The number of halogens is 3. The van der Waals surface area contributed by atoms with Crippen LogP contribution in [0.1, 0.15) is 6.42 Å². The molecular formula is C9H6BrCl2O2. The molecule has 1 radical (unpaired) electrons. The molecule has 0 bridgehead atoms. The largest absolute Gasteiger partial charge is 0.423 e. The van der Waals surface area contributed by atoms with E-state index in [2.05, 4.69) is 22.9 Å². The quantitative estimate of drug-likeness (QED) is 0.611. The molecule has 0 atom stereocenters.